The van der Waals surface area contributed by atoms with Gasteiger partial charge in [-0.3, -0.25) is 19.3 Å². The fourth-order valence-corrected chi connectivity index (χ4v) is 8.31. The molecule has 2 heterocycles. The lowest BCUT2D eigenvalue weighted by Crippen LogP contribution is -2.62. The quantitative estimate of drug-likeness (QED) is 0.0780. The molecule has 2 aliphatic heterocycles. The summed E-state index contributed by atoms with van der Waals surface area (Å²) < 4.78 is 12.0. The fraction of sp³-hybridized carbons (Fsp3) is 0.950. The van der Waals surface area contributed by atoms with Crippen LogP contribution in [0.5, 0.6) is 0 Å². The molecular weight excluding hydrogens is 604 g/mol. The maximum atomic E-state index is 12.7. The maximum Gasteiger partial charge on any atom is 0.306 e. The summed E-state index contributed by atoms with van der Waals surface area (Å²) in [4.78, 5) is 38.0. The molecule has 282 valence electrons. The van der Waals surface area contributed by atoms with E-state index in [0.717, 1.165) is 90.3 Å². The zero-order valence-electron chi connectivity index (χ0n) is 33.1. The van der Waals surface area contributed by atoms with Gasteiger partial charge >= 0.3 is 11.9 Å². The molecule has 0 N–H and O–H groups in total. The third kappa shape index (κ3) is 14.9. The third-order valence-electron chi connectivity index (χ3n) is 10.2. The van der Waals surface area contributed by atoms with Crippen molar-refractivity contribution in [3.63, 3.8) is 0 Å². The van der Waals surface area contributed by atoms with Gasteiger partial charge in [0.05, 0.1) is 13.2 Å². The van der Waals surface area contributed by atoms with Crippen molar-refractivity contribution in [3.05, 3.63) is 0 Å². The van der Waals surface area contributed by atoms with Gasteiger partial charge in [0.25, 0.3) is 0 Å². The molecule has 0 unspecified atom stereocenters. The highest BCUT2D eigenvalue weighted by atomic mass is 16.7. The van der Waals surface area contributed by atoms with Crippen LogP contribution < -0.4 is 0 Å². The van der Waals surface area contributed by atoms with Crippen molar-refractivity contribution in [1.82, 2.24) is 10.1 Å². The molecule has 0 atom stereocenters. The molecule has 2 saturated heterocycles. The first kappa shape index (κ1) is 42.9. The van der Waals surface area contributed by atoms with E-state index in [1.54, 1.807) is 0 Å². The summed E-state index contributed by atoms with van der Waals surface area (Å²) in [5.74, 6) is -0.169. The lowest BCUT2D eigenvalue weighted by molar-refractivity contribution is -0.293. The molecule has 2 aliphatic rings. The molecule has 0 aromatic heterocycles. The van der Waals surface area contributed by atoms with Gasteiger partial charge in [-0.25, -0.2) is 0 Å². The van der Waals surface area contributed by atoms with Crippen molar-refractivity contribution < 1.29 is 28.7 Å². The van der Waals surface area contributed by atoms with E-state index in [0.29, 0.717) is 12.8 Å². The van der Waals surface area contributed by atoms with Gasteiger partial charge in [-0.15, -0.1) is 0 Å². The Balaban J connectivity index is 1.59. The van der Waals surface area contributed by atoms with E-state index in [4.69, 9.17) is 19.1 Å². The number of hydrogen-bond donors (Lipinski definition) is 0. The Morgan fingerprint density at radius 3 is 1.08 bits per heavy atom. The van der Waals surface area contributed by atoms with Gasteiger partial charge in [0.15, 0.2) is 0 Å². The number of carbonyl (C=O) groups is 2. The number of esters is 2. The first-order valence-electron chi connectivity index (χ1n) is 19.8. The lowest BCUT2D eigenvalue weighted by atomic mass is 9.80. The molecular formula is C40H76N2O6. The highest BCUT2D eigenvalue weighted by molar-refractivity contribution is 5.69. The summed E-state index contributed by atoms with van der Waals surface area (Å²) in [5.41, 5.74) is -0.790. The van der Waals surface area contributed by atoms with Gasteiger partial charge in [0.2, 0.25) is 0 Å². The Kier molecular flexibility index (Phi) is 18.4. The first-order chi connectivity index (χ1) is 22.5. The molecule has 0 spiro atoms. The summed E-state index contributed by atoms with van der Waals surface area (Å²) >= 11 is 0. The Labute approximate surface area is 295 Å². The highest BCUT2D eigenvalue weighted by Crippen LogP contribution is 2.41. The Morgan fingerprint density at radius 2 is 0.771 bits per heavy atom. The van der Waals surface area contributed by atoms with E-state index in [1.165, 1.54) is 38.5 Å². The fourth-order valence-electron chi connectivity index (χ4n) is 8.31. The Hall–Kier alpha value is -1.22. The number of nitrogens with zero attached hydrogens (tertiary/aromatic N) is 2. The second-order valence-electron chi connectivity index (χ2n) is 17.3. The molecule has 2 rings (SSSR count). The number of ether oxygens (including phenoxy) is 2. The number of piperidine rings is 2. The standard InChI is InChI=1S/C40H76N2O6/c1-11-13-15-23-27-45-41-37(3,4)29-33(30-38(41,5)6)47-35(43)25-21-19-17-18-20-22-26-36(44)48-34-31-39(7,8)42(40(9,10)32-34)46-28-24-16-14-12-2/h33-34H,11-32H2,1-10H3. The SMILES string of the molecule is CCCCCCON1C(C)(C)CC(OC(=O)CCCCCCCCC(=O)OC2CC(C)(C)N(OCCCCCC)C(C)(C)C2)CC1(C)C. The van der Waals surface area contributed by atoms with E-state index >= 15 is 0 Å². The van der Waals surface area contributed by atoms with Crippen molar-refractivity contribution in [2.75, 3.05) is 13.2 Å². The van der Waals surface area contributed by atoms with E-state index < -0.39 is 0 Å². The van der Waals surface area contributed by atoms with Crippen LogP contribution in [0.2, 0.25) is 0 Å². The molecule has 8 nitrogen and oxygen atoms in total. The molecule has 0 saturated carbocycles. The average Bonchev–Trinajstić information content (AvgIpc) is 2.95. The number of unbranched alkanes of at least 4 members (excludes halogenated alkanes) is 11. The summed E-state index contributed by atoms with van der Waals surface area (Å²) in [6.07, 6.45) is 19.2. The molecule has 0 bridgehead atoms. The summed E-state index contributed by atoms with van der Waals surface area (Å²) in [6.45, 7) is 23.5. The van der Waals surface area contributed by atoms with Crippen LogP contribution in [-0.2, 0) is 28.7 Å². The van der Waals surface area contributed by atoms with Crippen molar-refractivity contribution in [2.24, 2.45) is 0 Å². The minimum absolute atomic E-state index is 0.0828. The zero-order chi connectivity index (χ0) is 35.8. The second-order valence-corrected chi connectivity index (χ2v) is 17.3. The molecule has 2 fully saturated rings. The highest BCUT2D eigenvalue weighted by Gasteiger charge is 2.49. The van der Waals surface area contributed by atoms with Crippen molar-refractivity contribution in [2.45, 2.75) is 232 Å². The monoisotopic (exact) mass is 681 g/mol. The number of hydroxylamine groups is 4. The van der Waals surface area contributed by atoms with Gasteiger partial charge in [0.1, 0.15) is 12.2 Å². The van der Waals surface area contributed by atoms with Crippen molar-refractivity contribution in [1.29, 1.82) is 0 Å². The summed E-state index contributed by atoms with van der Waals surface area (Å²) in [7, 11) is 0. The predicted octanol–water partition coefficient (Wildman–Crippen LogP) is 10.3. The van der Waals surface area contributed by atoms with Crippen LogP contribution in [-0.4, -0.2) is 69.6 Å². The Morgan fingerprint density at radius 1 is 0.479 bits per heavy atom. The number of hydrogen-bond acceptors (Lipinski definition) is 8. The largest absolute Gasteiger partial charge is 0.462 e. The van der Waals surface area contributed by atoms with Gasteiger partial charge in [-0.1, -0.05) is 78.1 Å². The normalized spacial score (nSPS) is 21.3. The minimum atomic E-state index is -0.198. The van der Waals surface area contributed by atoms with Crippen LogP contribution in [0.25, 0.3) is 0 Å². The van der Waals surface area contributed by atoms with E-state index in [2.05, 4.69) is 79.4 Å². The minimum Gasteiger partial charge on any atom is -0.462 e. The molecule has 8 heteroatoms. The van der Waals surface area contributed by atoms with Crippen LogP contribution >= 0.6 is 0 Å². The first-order valence-corrected chi connectivity index (χ1v) is 19.8. The molecule has 0 aromatic carbocycles. The van der Waals surface area contributed by atoms with Crippen LogP contribution in [0.4, 0.5) is 0 Å². The van der Waals surface area contributed by atoms with Crippen LogP contribution in [0, 0.1) is 0 Å². The Bertz CT molecular complexity index is 823. The van der Waals surface area contributed by atoms with Crippen molar-refractivity contribution >= 4 is 11.9 Å². The topological polar surface area (TPSA) is 77.5 Å². The molecule has 0 aliphatic carbocycles. The number of carbonyl (C=O) groups excluding carboxylic acids is 2. The smallest absolute Gasteiger partial charge is 0.306 e. The van der Waals surface area contributed by atoms with Crippen LogP contribution in [0.3, 0.4) is 0 Å². The van der Waals surface area contributed by atoms with E-state index in [9.17, 15) is 9.59 Å². The average molecular weight is 681 g/mol. The van der Waals surface area contributed by atoms with Crippen LogP contribution in [0.15, 0.2) is 0 Å². The van der Waals surface area contributed by atoms with Gasteiger partial charge in [0, 0.05) is 60.7 Å². The summed E-state index contributed by atoms with van der Waals surface area (Å²) in [5, 5.41) is 4.32. The second kappa shape index (κ2) is 20.6. The zero-order valence-corrected chi connectivity index (χ0v) is 33.1. The maximum absolute atomic E-state index is 12.7. The summed E-state index contributed by atoms with van der Waals surface area (Å²) in [6, 6.07) is 0. The molecule has 0 aromatic rings. The molecule has 0 radical (unpaired) electrons. The predicted molar refractivity (Wildman–Crippen MR) is 195 cm³/mol. The number of rotatable bonds is 23. The van der Waals surface area contributed by atoms with E-state index in [1.807, 2.05) is 0 Å². The lowest BCUT2D eigenvalue weighted by Gasteiger charge is -2.53. The van der Waals surface area contributed by atoms with Crippen LogP contribution in [0.1, 0.15) is 198 Å². The van der Waals surface area contributed by atoms with Gasteiger partial charge in [-0.2, -0.15) is 10.1 Å². The molecule has 0 amide bonds. The molecule has 48 heavy (non-hydrogen) atoms. The van der Waals surface area contributed by atoms with E-state index in [-0.39, 0.29) is 46.3 Å². The van der Waals surface area contributed by atoms with Gasteiger partial charge < -0.3 is 9.47 Å². The van der Waals surface area contributed by atoms with Crippen molar-refractivity contribution in [3.8, 4) is 0 Å². The third-order valence-corrected chi connectivity index (χ3v) is 10.2. The van der Waals surface area contributed by atoms with Gasteiger partial charge in [-0.05, 0) is 81.1 Å².